The fourth-order valence-corrected chi connectivity index (χ4v) is 4.21. The van der Waals surface area contributed by atoms with Gasteiger partial charge in [-0.2, -0.15) is 0 Å². The van der Waals surface area contributed by atoms with Gasteiger partial charge in [-0.25, -0.2) is 9.67 Å². The van der Waals surface area contributed by atoms with E-state index in [1.165, 1.54) is 10.2 Å². The molecule has 3 rings (SSSR count). The largest absolute Gasteiger partial charge is 0.497 e. The van der Waals surface area contributed by atoms with Gasteiger partial charge in [0.15, 0.2) is 5.82 Å². The molecule has 36 heavy (non-hydrogen) atoms. The van der Waals surface area contributed by atoms with E-state index in [1.54, 1.807) is 33.1 Å². The van der Waals surface area contributed by atoms with Gasteiger partial charge in [-0.3, -0.25) is 20.5 Å². The summed E-state index contributed by atoms with van der Waals surface area (Å²) in [6.45, 7) is 9.08. The first-order valence-corrected chi connectivity index (χ1v) is 12.0. The molecule has 1 aliphatic heterocycles. The number of hydrogen-bond donors (Lipinski definition) is 3. The molecule has 0 unspecified atom stereocenters. The first-order valence-electron chi connectivity index (χ1n) is 12.0. The summed E-state index contributed by atoms with van der Waals surface area (Å²) >= 11 is 0. The van der Waals surface area contributed by atoms with Gasteiger partial charge in [0.05, 0.1) is 7.11 Å². The van der Waals surface area contributed by atoms with Gasteiger partial charge in [0.25, 0.3) is 0 Å². The van der Waals surface area contributed by atoms with Gasteiger partial charge in [-0.05, 0) is 62.6 Å². The number of ether oxygens (including phenoxy) is 1. The molecule has 0 atom stereocenters. The fourth-order valence-electron chi connectivity index (χ4n) is 4.21. The zero-order valence-corrected chi connectivity index (χ0v) is 21.5. The van der Waals surface area contributed by atoms with Crippen molar-refractivity contribution in [3.63, 3.8) is 0 Å². The first kappa shape index (κ1) is 26.8. The summed E-state index contributed by atoms with van der Waals surface area (Å²) in [7, 11) is 1.67. The predicted octanol–water partition coefficient (Wildman–Crippen LogP) is 2.67. The summed E-state index contributed by atoms with van der Waals surface area (Å²) in [6.07, 6.45) is 0.839. The zero-order chi connectivity index (χ0) is 26.2. The number of aromatic nitrogens is 2. The number of benzene rings is 1. The fraction of sp³-hybridized carbons (Fsp3) is 0.423. The molecule has 0 aliphatic carbocycles. The van der Waals surface area contributed by atoms with Crippen LogP contribution in [0.2, 0.25) is 0 Å². The lowest BCUT2D eigenvalue weighted by atomic mass is 10.0. The average molecular weight is 493 g/mol. The van der Waals surface area contributed by atoms with Gasteiger partial charge in [0, 0.05) is 50.6 Å². The van der Waals surface area contributed by atoms with Crippen LogP contribution >= 0.6 is 0 Å². The number of nitrogens with two attached hydrogens (primary N) is 1. The smallest absolute Gasteiger partial charge is 0.222 e. The lowest BCUT2D eigenvalue weighted by Crippen LogP contribution is -2.48. The first-order chi connectivity index (χ1) is 17.2. The van der Waals surface area contributed by atoms with Crippen LogP contribution in [0.3, 0.4) is 0 Å². The van der Waals surface area contributed by atoms with Gasteiger partial charge in [-0.15, -0.1) is 5.10 Å². The van der Waals surface area contributed by atoms with Crippen molar-refractivity contribution in [1.29, 1.82) is 10.8 Å². The molecule has 0 spiro atoms. The van der Waals surface area contributed by atoms with Crippen LogP contribution in [0.5, 0.6) is 5.75 Å². The number of rotatable bonds is 8. The van der Waals surface area contributed by atoms with E-state index in [0.29, 0.717) is 43.2 Å². The Morgan fingerprint density at radius 2 is 1.83 bits per heavy atom. The molecule has 2 aromatic rings. The van der Waals surface area contributed by atoms with E-state index in [9.17, 15) is 4.79 Å². The van der Waals surface area contributed by atoms with Crippen molar-refractivity contribution < 1.29 is 9.53 Å². The molecule has 0 bridgehead atoms. The highest BCUT2D eigenvalue weighted by Gasteiger charge is 2.22. The lowest BCUT2D eigenvalue weighted by Gasteiger charge is -2.35. The number of piperazine rings is 1. The summed E-state index contributed by atoms with van der Waals surface area (Å²) in [5.41, 5.74) is 9.55. The highest BCUT2D eigenvalue weighted by atomic mass is 16.5. The molecule has 2 heterocycles. The molecule has 1 aliphatic rings. The third-order valence-corrected chi connectivity index (χ3v) is 6.19. The maximum atomic E-state index is 12.9. The van der Waals surface area contributed by atoms with Crippen LogP contribution in [-0.2, 0) is 11.3 Å². The van der Waals surface area contributed by atoms with Gasteiger partial charge in [-0.1, -0.05) is 12.1 Å². The maximum absolute atomic E-state index is 12.9. The third kappa shape index (κ3) is 7.11. The Balaban J connectivity index is 1.56. The molecular formula is C26H36N8O2. The summed E-state index contributed by atoms with van der Waals surface area (Å²) < 4.78 is 6.52. The number of methoxy groups -OCH3 is 1. The van der Waals surface area contributed by atoms with Crippen molar-refractivity contribution >= 4 is 23.3 Å². The van der Waals surface area contributed by atoms with E-state index in [-0.39, 0.29) is 17.2 Å². The Kier molecular flexibility index (Phi) is 9.13. The number of aliphatic imine (C=N–C) groups is 1. The van der Waals surface area contributed by atoms with Crippen LogP contribution < -0.4 is 16.0 Å². The highest BCUT2D eigenvalue weighted by Crippen LogP contribution is 2.18. The van der Waals surface area contributed by atoms with Crippen LogP contribution in [0.4, 0.5) is 5.82 Å². The Hall–Kier alpha value is -3.79. The van der Waals surface area contributed by atoms with Crippen molar-refractivity contribution in [3.8, 4) is 5.75 Å². The molecule has 1 aromatic carbocycles. The molecule has 0 saturated carbocycles. The van der Waals surface area contributed by atoms with Gasteiger partial charge < -0.3 is 15.4 Å². The number of carbonyl (C=O) groups is 1. The second-order valence-electron chi connectivity index (χ2n) is 8.94. The lowest BCUT2D eigenvalue weighted by molar-refractivity contribution is -0.132. The minimum atomic E-state index is 0.108. The Labute approximate surface area is 212 Å². The number of hydrogen-bond acceptors (Lipinski definition) is 8. The molecule has 4 N–H and O–H groups in total. The molecule has 10 heteroatoms. The third-order valence-electron chi connectivity index (χ3n) is 6.19. The number of carbonyl (C=O) groups excluding carboxylic acids is 1. The average Bonchev–Trinajstić information content (AvgIpc) is 2.85. The Morgan fingerprint density at radius 3 is 2.47 bits per heavy atom. The van der Waals surface area contributed by atoms with Crippen molar-refractivity contribution in [2.75, 3.05) is 33.3 Å². The van der Waals surface area contributed by atoms with E-state index in [1.807, 2.05) is 30.0 Å². The minimum absolute atomic E-state index is 0.108. The SMILES string of the molecule is COc1cccc(CN2CCN(C(=O)CCC(C(C)=Nc3ccc(=N)n(C(C)=N)n3)=C(C)N)CC2)c1. The van der Waals surface area contributed by atoms with E-state index in [2.05, 4.69) is 21.1 Å². The molecule has 0 radical (unpaired) electrons. The van der Waals surface area contributed by atoms with Gasteiger partial charge in [0.1, 0.15) is 17.1 Å². The van der Waals surface area contributed by atoms with E-state index in [0.717, 1.165) is 31.0 Å². The van der Waals surface area contributed by atoms with Crippen molar-refractivity contribution in [2.45, 2.75) is 40.2 Å². The zero-order valence-electron chi connectivity index (χ0n) is 21.5. The topological polar surface area (TPSA) is 137 Å². The van der Waals surface area contributed by atoms with Crippen LogP contribution in [0.15, 0.2) is 52.7 Å². The quantitative estimate of drug-likeness (QED) is 0.384. The number of nitrogens with one attached hydrogen (secondary N) is 2. The van der Waals surface area contributed by atoms with Crippen molar-refractivity contribution in [2.24, 2.45) is 10.7 Å². The van der Waals surface area contributed by atoms with Crippen molar-refractivity contribution in [1.82, 2.24) is 19.6 Å². The normalized spacial score (nSPS) is 15.4. The Morgan fingerprint density at radius 1 is 1.11 bits per heavy atom. The summed E-state index contributed by atoms with van der Waals surface area (Å²) in [4.78, 5) is 21.8. The molecule has 1 aromatic heterocycles. The maximum Gasteiger partial charge on any atom is 0.222 e. The summed E-state index contributed by atoms with van der Waals surface area (Å²) in [5, 5.41) is 19.9. The standard InChI is InChI=1S/C26H36N8O2/c1-18(27)23(19(2)30-25-10-9-24(29)34(31-25)20(3)28)8-11-26(35)33-14-12-32(13-15-33)17-21-6-5-7-22(16-21)36-4/h5-7,9-10,16,28-29H,8,11-15,17,27H2,1-4H3. The van der Waals surface area contributed by atoms with E-state index >= 15 is 0 Å². The second-order valence-corrected chi connectivity index (χ2v) is 8.94. The second kappa shape index (κ2) is 12.3. The van der Waals surface area contributed by atoms with E-state index in [4.69, 9.17) is 21.3 Å². The van der Waals surface area contributed by atoms with Crippen LogP contribution in [0, 0.1) is 10.8 Å². The molecule has 10 nitrogen and oxygen atoms in total. The predicted molar refractivity (Wildman–Crippen MR) is 141 cm³/mol. The molecule has 1 amide bonds. The molecular weight excluding hydrogens is 456 g/mol. The minimum Gasteiger partial charge on any atom is -0.497 e. The molecule has 1 fully saturated rings. The van der Waals surface area contributed by atoms with Gasteiger partial charge in [0.2, 0.25) is 5.91 Å². The summed E-state index contributed by atoms with van der Waals surface area (Å²) in [5.74, 6) is 1.48. The monoisotopic (exact) mass is 492 g/mol. The van der Waals surface area contributed by atoms with Crippen LogP contribution in [0.25, 0.3) is 0 Å². The van der Waals surface area contributed by atoms with Crippen LogP contribution in [-0.4, -0.2) is 70.3 Å². The Bertz CT molecular complexity index is 1220. The number of nitrogens with zero attached hydrogens (tertiary/aromatic N) is 5. The van der Waals surface area contributed by atoms with Crippen molar-refractivity contribution in [3.05, 3.63) is 58.7 Å². The van der Waals surface area contributed by atoms with Gasteiger partial charge >= 0.3 is 0 Å². The van der Waals surface area contributed by atoms with Crippen LogP contribution in [0.1, 0.15) is 39.2 Å². The highest BCUT2D eigenvalue weighted by molar-refractivity contribution is 6.00. The molecule has 1 saturated heterocycles. The number of allylic oxidation sites excluding steroid dienone is 2. The molecule has 192 valence electrons. The van der Waals surface area contributed by atoms with E-state index < -0.39 is 0 Å². The number of amides is 1. The summed E-state index contributed by atoms with van der Waals surface area (Å²) in [6, 6.07) is 11.3.